The number of pyridine rings is 1. The van der Waals surface area contributed by atoms with E-state index in [2.05, 4.69) is 16.9 Å². The number of aromatic nitrogens is 1. The van der Waals surface area contributed by atoms with Gasteiger partial charge in [-0.05, 0) is 18.6 Å². The molecule has 0 radical (unpaired) electrons. The molecule has 6 nitrogen and oxygen atoms in total. The molecule has 0 aromatic carbocycles. The van der Waals surface area contributed by atoms with Crippen LogP contribution in [-0.4, -0.2) is 28.8 Å². The van der Waals surface area contributed by atoms with Gasteiger partial charge in [-0.15, -0.1) is 0 Å². The normalized spacial score (nSPS) is 13.1. The van der Waals surface area contributed by atoms with Crippen LogP contribution in [0.3, 0.4) is 0 Å². The monoisotopic (exact) mass is 264 g/mol. The van der Waals surface area contributed by atoms with E-state index in [-0.39, 0.29) is 13.0 Å². The second-order valence-corrected chi connectivity index (χ2v) is 4.16. The van der Waals surface area contributed by atoms with E-state index in [0.717, 1.165) is 0 Å². The van der Waals surface area contributed by atoms with Crippen LogP contribution >= 0.6 is 0 Å². The Morgan fingerprint density at radius 1 is 1.63 bits per heavy atom. The predicted molar refractivity (Wildman–Crippen MR) is 68.5 cm³/mol. The summed E-state index contributed by atoms with van der Waals surface area (Å²) in [6.07, 6.45) is 3.53. The zero-order valence-electron chi connectivity index (χ0n) is 10.6. The molecule has 0 saturated heterocycles. The smallest absolute Gasteiger partial charge is 0.408 e. The molecule has 6 heteroatoms. The van der Waals surface area contributed by atoms with Crippen molar-refractivity contribution in [3.63, 3.8) is 0 Å². The van der Waals surface area contributed by atoms with Gasteiger partial charge >= 0.3 is 12.1 Å². The Labute approximate surface area is 111 Å². The molecule has 1 heterocycles. The summed E-state index contributed by atoms with van der Waals surface area (Å²) in [4.78, 5) is 26.5. The van der Waals surface area contributed by atoms with Crippen molar-refractivity contribution in [3.05, 3.63) is 42.7 Å². The average molecular weight is 264 g/mol. The molecule has 0 fully saturated rings. The van der Waals surface area contributed by atoms with Crippen LogP contribution in [0.25, 0.3) is 0 Å². The van der Waals surface area contributed by atoms with Crippen molar-refractivity contribution in [2.45, 2.75) is 18.9 Å². The number of rotatable bonds is 6. The minimum atomic E-state index is -1.08. The van der Waals surface area contributed by atoms with Gasteiger partial charge in [-0.25, -0.2) is 4.79 Å². The number of aliphatic carboxylic acids is 1. The number of carboxylic acid groups (broad SMARTS) is 1. The highest BCUT2D eigenvalue weighted by Gasteiger charge is 2.32. The molecule has 2 N–H and O–H groups in total. The molecule has 1 rings (SSSR count). The lowest BCUT2D eigenvalue weighted by molar-refractivity contribution is -0.138. The van der Waals surface area contributed by atoms with Gasteiger partial charge in [0.05, 0.1) is 12.0 Å². The number of carbonyl (C=O) groups excluding carboxylic acids is 1. The lowest BCUT2D eigenvalue weighted by atomic mass is 9.90. The molecule has 0 bridgehead atoms. The number of hydrogen-bond acceptors (Lipinski definition) is 4. The van der Waals surface area contributed by atoms with Crippen LogP contribution < -0.4 is 5.32 Å². The molecule has 102 valence electrons. The van der Waals surface area contributed by atoms with Crippen molar-refractivity contribution in [3.8, 4) is 0 Å². The third-order valence-electron chi connectivity index (χ3n) is 2.51. The maximum atomic E-state index is 11.6. The Kier molecular flexibility index (Phi) is 5.05. The molecular weight excluding hydrogens is 248 g/mol. The van der Waals surface area contributed by atoms with E-state index in [1.165, 1.54) is 12.3 Å². The van der Waals surface area contributed by atoms with Crippen molar-refractivity contribution in [1.82, 2.24) is 10.3 Å². The summed E-state index contributed by atoms with van der Waals surface area (Å²) in [5, 5.41) is 11.5. The van der Waals surface area contributed by atoms with E-state index in [0.29, 0.717) is 5.56 Å². The highest BCUT2D eigenvalue weighted by Crippen LogP contribution is 2.24. The number of nitrogens with zero attached hydrogens (tertiary/aromatic N) is 1. The fourth-order valence-electron chi connectivity index (χ4n) is 1.61. The third kappa shape index (κ3) is 4.42. The van der Waals surface area contributed by atoms with Gasteiger partial charge in [0.25, 0.3) is 0 Å². The molecule has 0 spiro atoms. The van der Waals surface area contributed by atoms with Crippen LogP contribution in [0.1, 0.15) is 18.9 Å². The van der Waals surface area contributed by atoms with Crippen molar-refractivity contribution >= 4 is 12.1 Å². The van der Waals surface area contributed by atoms with Gasteiger partial charge < -0.3 is 15.2 Å². The number of nitrogens with one attached hydrogen (secondary N) is 1. The van der Waals surface area contributed by atoms with Gasteiger partial charge in [0.15, 0.2) is 0 Å². The second kappa shape index (κ2) is 6.53. The van der Waals surface area contributed by atoms with Crippen molar-refractivity contribution in [2.75, 3.05) is 6.61 Å². The first-order valence-electron chi connectivity index (χ1n) is 5.66. The fraction of sp³-hybridized carbons (Fsp3) is 0.308. The number of carboxylic acids is 1. The molecule has 0 aliphatic heterocycles. The average Bonchev–Trinajstić information content (AvgIpc) is 2.36. The molecule has 1 amide bonds. The minimum Gasteiger partial charge on any atom is -0.481 e. The summed E-state index contributed by atoms with van der Waals surface area (Å²) in [6.45, 7) is 5.09. The summed E-state index contributed by atoms with van der Waals surface area (Å²) in [7, 11) is 0. The number of ether oxygens (including phenoxy) is 1. The summed E-state index contributed by atoms with van der Waals surface area (Å²) in [5.74, 6) is -1.03. The maximum absolute atomic E-state index is 11.6. The van der Waals surface area contributed by atoms with E-state index in [1.54, 1.807) is 25.3 Å². The number of amides is 1. The van der Waals surface area contributed by atoms with Gasteiger partial charge in [-0.1, -0.05) is 18.7 Å². The highest BCUT2D eigenvalue weighted by molar-refractivity contribution is 5.73. The first-order chi connectivity index (χ1) is 8.98. The van der Waals surface area contributed by atoms with Gasteiger partial charge in [-0.2, -0.15) is 0 Å². The largest absolute Gasteiger partial charge is 0.481 e. The SMILES string of the molecule is C=CCOC(=O)NC(C)(CC(=O)O)c1cccnc1. The van der Waals surface area contributed by atoms with Crippen LogP contribution in [0.2, 0.25) is 0 Å². The van der Waals surface area contributed by atoms with E-state index < -0.39 is 17.6 Å². The van der Waals surface area contributed by atoms with Crippen LogP contribution in [0.5, 0.6) is 0 Å². The van der Waals surface area contributed by atoms with Crippen molar-refractivity contribution in [1.29, 1.82) is 0 Å². The molecule has 1 aromatic heterocycles. The van der Waals surface area contributed by atoms with Crippen molar-refractivity contribution in [2.24, 2.45) is 0 Å². The number of alkyl carbamates (subject to hydrolysis) is 1. The van der Waals surface area contributed by atoms with Gasteiger partial charge in [-0.3, -0.25) is 9.78 Å². The topological polar surface area (TPSA) is 88.5 Å². The van der Waals surface area contributed by atoms with E-state index in [1.807, 2.05) is 0 Å². The Bertz CT molecular complexity index is 461. The molecule has 1 atom stereocenters. The maximum Gasteiger partial charge on any atom is 0.408 e. The van der Waals surface area contributed by atoms with Gasteiger partial charge in [0.1, 0.15) is 6.61 Å². The summed E-state index contributed by atoms with van der Waals surface area (Å²) < 4.78 is 4.81. The van der Waals surface area contributed by atoms with E-state index in [9.17, 15) is 9.59 Å². The molecular formula is C13H16N2O4. The Morgan fingerprint density at radius 2 is 2.37 bits per heavy atom. The Hall–Kier alpha value is -2.37. The Balaban J connectivity index is 2.90. The lowest BCUT2D eigenvalue weighted by Crippen LogP contribution is -2.45. The van der Waals surface area contributed by atoms with Crippen LogP contribution in [-0.2, 0) is 15.1 Å². The molecule has 19 heavy (non-hydrogen) atoms. The zero-order chi connectivity index (χ0) is 14.3. The minimum absolute atomic E-state index is 0.0576. The quantitative estimate of drug-likeness (QED) is 0.763. The number of carbonyl (C=O) groups is 2. The summed E-state index contributed by atoms with van der Waals surface area (Å²) in [6, 6.07) is 3.37. The molecule has 1 aromatic rings. The van der Waals surface area contributed by atoms with Gasteiger partial charge in [0.2, 0.25) is 0 Å². The van der Waals surface area contributed by atoms with Gasteiger partial charge in [0, 0.05) is 12.4 Å². The highest BCUT2D eigenvalue weighted by atomic mass is 16.5. The molecule has 1 unspecified atom stereocenters. The molecule has 0 saturated carbocycles. The zero-order valence-corrected chi connectivity index (χ0v) is 10.6. The first kappa shape index (κ1) is 14.7. The summed E-state index contributed by atoms with van der Waals surface area (Å²) in [5.41, 5.74) is -0.494. The first-order valence-corrected chi connectivity index (χ1v) is 5.66. The van der Waals surface area contributed by atoms with E-state index in [4.69, 9.17) is 9.84 Å². The second-order valence-electron chi connectivity index (χ2n) is 4.16. The third-order valence-corrected chi connectivity index (χ3v) is 2.51. The van der Waals surface area contributed by atoms with Crippen LogP contribution in [0, 0.1) is 0 Å². The Morgan fingerprint density at radius 3 is 2.89 bits per heavy atom. The predicted octanol–water partition coefficient (Wildman–Crippen LogP) is 1.68. The summed E-state index contributed by atoms with van der Waals surface area (Å²) >= 11 is 0. The molecule has 0 aliphatic carbocycles. The van der Waals surface area contributed by atoms with Crippen molar-refractivity contribution < 1.29 is 19.4 Å². The lowest BCUT2D eigenvalue weighted by Gasteiger charge is -2.28. The number of hydrogen-bond donors (Lipinski definition) is 2. The fourth-order valence-corrected chi connectivity index (χ4v) is 1.61. The molecule has 0 aliphatic rings. The van der Waals surface area contributed by atoms with E-state index >= 15 is 0 Å². The standard InChI is InChI=1S/C13H16N2O4/c1-3-7-19-12(18)15-13(2,8-11(16)17)10-5-4-6-14-9-10/h3-6,9H,1,7-8H2,2H3,(H,15,18)(H,16,17). The van der Waals surface area contributed by atoms with Crippen LogP contribution in [0.4, 0.5) is 4.79 Å². The van der Waals surface area contributed by atoms with Crippen LogP contribution in [0.15, 0.2) is 37.2 Å².